The zero-order valence-corrected chi connectivity index (χ0v) is 12.1. The molecule has 0 spiro atoms. The maximum Gasteiger partial charge on any atom is 0.265 e. The SMILES string of the molecule is Nc1cc(Cl)cc(Cl)c1S(=O)(=O)Nc1ccc(F)nc1. The fraction of sp³-hybridized carbons (Fsp3) is 0. The molecule has 0 fully saturated rings. The van der Waals surface area contributed by atoms with Crippen molar-refractivity contribution in [1.82, 2.24) is 4.98 Å². The van der Waals surface area contributed by atoms with Crippen LogP contribution in [0.4, 0.5) is 15.8 Å². The summed E-state index contributed by atoms with van der Waals surface area (Å²) in [6, 6.07) is 4.77. The van der Waals surface area contributed by atoms with Crippen molar-refractivity contribution in [2.24, 2.45) is 0 Å². The van der Waals surface area contributed by atoms with E-state index in [9.17, 15) is 12.8 Å². The van der Waals surface area contributed by atoms with Crippen molar-refractivity contribution in [2.75, 3.05) is 10.5 Å². The normalized spacial score (nSPS) is 11.3. The number of halogens is 3. The van der Waals surface area contributed by atoms with Gasteiger partial charge in [-0.2, -0.15) is 4.39 Å². The predicted molar refractivity (Wildman–Crippen MR) is 75.9 cm³/mol. The van der Waals surface area contributed by atoms with E-state index in [0.717, 1.165) is 12.3 Å². The minimum Gasteiger partial charge on any atom is -0.398 e. The summed E-state index contributed by atoms with van der Waals surface area (Å²) in [5.74, 6) is -0.725. The lowest BCUT2D eigenvalue weighted by atomic mass is 10.3. The molecule has 1 aromatic heterocycles. The predicted octanol–water partition coefficient (Wildman–Crippen LogP) is 2.91. The number of rotatable bonds is 3. The summed E-state index contributed by atoms with van der Waals surface area (Å²) in [6.45, 7) is 0. The summed E-state index contributed by atoms with van der Waals surface area (Å²) in [6.07, 6.45) is 1.03. The van der Waals surface area contributed by atoms with Crippen LogP contribution in [0.25, 0.3) is 0 Å². The number of nitrogen functional groups attached to an aromatic ring is 1. The van der Waals surface area contributed by atoms with Gasteiger partial charge in [0.25, 0.3) is 10.0 Å². The van der Waals surface area contributed by atoms with Gasteiger partial charge in [0.15, 0.2) is 0 Å². The fourth-order valence-corrected chi connectivity index (χ4v) is 3.54. The van der Waals surface area contributed by atoms with E-state index < -0.39 is 16.0 Å². The third kappa shape index (κ3) is 3.12. The third-order valence-electron chi connectivity index (χ3n) is 2.29. The van der Waals surface area contributed by atoms with Gasteiger partial charge in [-0.15, -0.1) is 0 Å². The van der Waals surface area contributed by atoms with Crippen LogP contribution in [0.3, 0.4) is 0 Å². The van der Waals surface area contributed by atoms with Gasteiger partial charge < -0.3 is 5.73 Å². The Hall–Kier alpha value is -1.57. The smallest absolute Gasteiger partial charge is 0.265 e. The van der Waals surface area contributed by atoms with E-state index in [-0.39, 0.29) is 26.3 Å². The van der Waals surface area contributed by atoms with Crippen molar-refractivity contribution in [3.8, 4) is 0 Å². The Bertz CT molecular complexity index is 728. The molecular weight excluding hydrogens is 328 g/mol. The van der Waals surface area contributed by atoms with Crippen molar-refractivity contribution in [3.63, 3.8) is 0 Å². The molecule has 106 valence electrons. The fourth-order valence-electron chi connectivity index (χ4n) is 1.51. The molecule has 0 atom stereocenters. The van der Waals surface area contributed by atoms with Crippen LogP contribution in [0, 0.1) is 5.95 Å². The Morgan fingerprint density at radius 3 is 2.50 bits per heavy atom. The molecular formula is C11H8Cl2FN3O2S. The van der Waals surface area contributed by atoms with Crippen molar-refractivity contribution >= 4 is 44.6 Å². The van der Waals surface area contributed by atoms with E-state index in [1.165, 1.54) is 18.2 Å². The van der Waals surface area contributed by atoms with E-state index in [4.69, 9.17) is 28.9 Å². The van der Waals surface area contributed by atoms with E-state index in [2.05, 4.69) is 9.71 Å². The number of pyridine rings is 1. The van der Waals surface area contributed by atoms with Crippen molar-refractivity contribution in [3.05, 3.63) is 46.5 Å². The number of aromatic nitrogens is 1. The highest BCUT2D eigenvalue weighted by atomic mass is 35.5. The van der Waals surface area contributed by atoms with Gasteiger partial charge in [0.2, 0.25) is 5.95 Å². The number of anilines is 2. The molecule has 0 aliphatic rings. The van der Waals surface area contributed by atoms with Gasteiger partial charge in [-0.25, -0.2) is 13.4 Å². The molecule has 0 bridgehead atoms. The highest BCUT2D eigenvalue weighted by Gasteiger charge is 2.22. The topological polar surface area (TPSA) is 85.1 Å². The summed E-state index contributed by atoms with van der Waals surface area (Å²) >= 11 is 11.6. The highest BCUT2D eigenvalue weighted by molar-refractivity contribution is 7.93. The molecule has 2 rings (SSSR count). The number of hydrogen-bond donors (Lipinski definition) is 2. The number of hydrogen-bond acceptors (Lipinski definition) is 4. The number of sulfonamides is 1. The van der Waals surface area contributed by atoms with Gasteiger partial charge in [-0.1, -0.05) is 23.2 Å². The molecule has 20 heavy (non-hydrogen) atoms. The summed E-state index contributed by atoms with van der Waals surface area (Å²) < 4.78 is 39.3. The third-order valence-corrected chi connectivity index (χ3v) is 4.41. The van der Waals surface area contributed by atoms with Crippen molar-refractivity contribution < 1.29 is 12.8 Å². The zero-order valence-electron chi connectivity index (χ0n) is 9.77. The lowest BCUT2D eigenvalue weighted by Crippen LogP contribution is -2.15. The average Bonchev–Trinajstić information content (AvgIpc) is 2.30. The lowest BCUT2D eigenvalue weighted by molar-refractivity contribution is 0.583. The molecule has 1 aromatic carbocycles. The van der Waals surface area contributed by atoms with Crippen LogP contribution in [0.15, 0.2) is 35.4 Å². The molecule has 0 saturated carbocycles. The van der Waals surface area contributed by atoms with E-state index in [1.54, 1.807) is 0 Å². The second-order valence-corrected chi connectivity index (χ2v) is 6.24. The highest BCUT2D eigenvalue weighted by Crippen LogP contribution is 2.32. The van der Waals surface area contributed by atoms with Crippen molar-refractivity contribution in [2.45, 2.75) is 4.90 Å². The van der Waals surface area contributed by atoms with Gasteiger partial charge in [-0.05, 0) is 24.3 Å². The molecule has 0 radical (unpaired) electrons. The van der Waals surface area contributed by atoms with Crippen LogP contribution in [-0.4, -0.2) is 13.4 Å². The first kappa shape index (κ1) is 14.8. The summed E-state index contributed by atoms with van der Waals surface area (Å²) in [5, 5.41) is 0.104. The summed E-state index contributed by atoms with van der Waals surface area (Å²) in [7, 11) is -4.03. The zero-order chi connectivity index (χ0) is 14.9. The molecule has 0 aliphatic heterocycles. The Morgan fingerprint density at radius 1 is 1.25 bits per heavy atom. The quantitative estimate of drug-likeness (QED) is 0.667. The Balaban J connectivity index is 2.43. The second-order valence-electron chi connectivity index (χ2n) is 3.78. The molecule has 3 N–H and O–H groups in total. The first-order valence-electron chi connectivity index (χ1n) is 5.18. The van der Waals surface area contributed by atoms with Gasteiger partial charge >= 0.3 is 0 Å². The lowest BCUT2D eigenvalue weighted by Gasteiger charge is -2.11. The van der Waals surface area contributed by atoms with Gasteiger partial charge in [-0.3, -0.25) is 4.72 Å². The van der Waals surface area contributed by atoms with Crippen LogP contribution in [0.2, 0.25) is 10.0 Å². The Morgan fingerprint density at radius 2 is 1.95 bits per heavy atom. The number of nitrogens with zero attached hydrogens (tertiary/aromatic N) is 1. The monoisotopic (exact) mass is 335 g/mol. The second kappa shape index (κ2) is 5.43. The molecule has 0 saturated heterocycles. The standard InChI is InChI=1S/C11H8Cl2FN3O2S/c12-6-3-8(13)11(9(15)4-6)20(18,19)17-7-1-2-10(14)16-5-7/h1-5,17H,15H2. The van der Waals surface area contributed by atoms with Crippen LogP contribution in [0.5, 0.6) is 0 Å². The molecule has 2 aromatic rings. The summed E-state index contributed by atoms with van der Waals surface area (Å²) in [4.78, 5) is 3.04. The van der Waals surface area contributed by atoms with Crippen LogP contribution >= 0.6 is 23.2 Å². The maximum absolute atomic E-state index is 12.7. The molecule has 1 heterocycles. The summed E-state index contributed by atoms with van der Waals surface area (Å²) in [5.41, 5.74) is 5.61. The van der Waals surface area contributed by atoms with E-state index in [1.807, 2.05) is 0 Å². The number of nitrogens with two attached hydrogens (primary N) is 1. The van der Waals surface area contributed by atoms with Crippen LogP contribution in [-0.2, 0) is 10.0 Å². The largest absolute Gasteiger partial charge is 0.398 e. The average molecular weight is 336 g/mol. The minimum absolute atomic E-state index is 0.0804. The van der Waals surface area contributed by atoms with Crippen LogP contribution in [0.1, 0.15) is 0 Å². The molecule has 0 amide bonds. The first-order valence-corrected chi connectivity index (χ1v) is 7.42. The number of nitrogens with one attached hydrogen (secondary N) is 1. The van der Waals surface area contributed by atoms with Gasteiger partial charge in [0, 0.05) is 5.02 Å². The first-order chi connectivity index (χ1) is 9.29. The van der Waals surface area contributed by atoms with E-state index >= 15 is 0 Å². The molecule has 0 unspecified atom stereocenters. The Kier molecular flexibility index (Phi) is 4.03. The van der Waals surface area contributed by atoms with Crippen LogP contribution < -0.4 is 10.5 Å². The van der Waals surface area contributed by atoms with E-state index in [0.29, 0.717) is 0 Å². The van der Waals surface area contributed by atoms with Crippen molar-refractivity contribution in [1.29, 1.82) is 0 Å². The van der Waals surface area contributed by atoms with Gasteiger partial charge in [0.05, 0.1) is 22.6 Å². The molecule has 9 heteroatoms. The minimum atomic E-state index is -4.03. The molecule has 5 nitrogen and oxygen atoms in total. The van der Waals surface area contributed by atoms with Gasteiger partial charge in [0.1, 0.15) is 4.90 Å². The number of benzene rings is 1. The molecule has 0 aliphatic carbocycles. The maximum atomic E-state index is 12.7. The Labute approximate surface area is 124 Å².